The molecule has 0 saturated carbocycles. The maximum absolute atomic E-state index is 12.0. The molecule has 1 aromatic heterocycles. The van der Waals surface area contributed by atoms with Crippen molar-refractivity contribution in [3.63, 3.8) is 0 Å². The third kappa shape index (κ3) is 6.96. The molecule has 3 rings (SSSR count). The van der Waals surface area contributed by atoms with E-state index in [0.29, 0.717) is 11.8 Å². The molecule has 8 heteroatoms. The lowest BCUT2D eigenvalue weighted by Gasteiger charge is -2.08. The molecule has 0 radical (unpaired) electrons. The summed E-state index contributed by atoms with van der Waals surface area (Å²) in [5.41, 5.74) is 6.21. The van der Waals surface area contributed by atoms with E-state index < -0.39 is 0 Å². The average Bonchev–Trinajstić information content (AvgIpc) is 2.72. The van der Waals surface area contributed by atoms with Crippen molar-refractivity contribution in [3.05, 3.63) is 81.6 Å². The number of ether oxygens (including phenoxy) is 1. The van der Waals surface area contributed by atoms with Crippen LogP contribution < -0.4 is 10.2 Å². The highest BCUT2D eigenvalue weighted by atomic mass is 79.9. The van der Waals surface area contributed by atoms with E-state index in [0.717, 1.165) is 32.7 Å². The monoisotopic (exact) mass is 484 g/mol. The van der Waals surface area contributed by atoms with E-state index in [2.05, 4.69) is 36.4 Å². The van der Waals surface area contributed by atoms with Gasteiger partial charge in [-0.05, 0) is 65.2 Å². The van der Waals surface area contributed by atoms with Gasteiger partial charge in [0.05, 0.1) is 16.4 Å². The van der Waals surface area contributed by atoms with Crippen molar-refractivity contribution in [1.29, 1.82) is 0 Å². The first-order valence-corrected chi connectivity index (χ1v) is 11.0. The van der Waals surface area contributed by atoms with Crippen LogP contribution in [0.5, 0.6) is 5.75 Å². The van der Waals surface area contributed by atoms with Crippen molar-refractivity contribution < 1.29 is 9.53 Å². The van der Waals surface area contributed by atoms with Crippen LogP contribution in [-0.4, -0.2) is 27.8 Å². The molecular formula is C22H21BrN4O2S. The van der Waals surface area contributed by atoms with Crippen molar-refractivity contribution in [2.75, 3.05) is 5.75 Å². The molecule has 0 aliphatic rings. The maximum atomic E-state index is 12.0. The Labute approximate surface area is 188 Å². The predicted octanol–water partition coefficient (Wildman–Crippen LogP) is 4.68. The van der Waals surface area contributed by atoms with Gasteiger partial charge in [-0.25, -0.2) is 15.4 Å². The van der Waals surface area contributed by atoms with Crippen LogP contribution in [0, 0.1) is 13.8 Å². The van der Waals surface area contributed by atoms with Gasteiger partial charge in [0.15, 0.2) is 5.16 Å². The molecule has 0 unspecified atom stereocenters. The van der Waals surface area contributed by atoms with Crippen LogP contribution in [0.1, 0.15) is 22.5 Å². The number of carbonyl (C=O) groups is 1. The molecule has 1 amide bonds. The van der Waals surface area contributed by atoms with Gasteiger partial charge in [0.1, 0.15) is 12.4 Å². The minimum absolute atomic E-state index is 0.191. The third-order valence-electron chi connectivity index (χ3n) is 3.89. The molecule has 6 nitrogen and oxygen atoms in total. The molecule has 0 spiro atoms. The van der Waals surface area contributed by atoms with Crippen LogP contribution in [0.3, 0.4) is 0 Å². The van der Waals surface area contributed by atoms with Crippen molar-refractivity contribution >= 4 is 39.8 Å². The number of hydrogen-bond donors (Lipinski definition) is 1. The second kappa shape index (κ2) is 10.9. The van der Waals surface area contributed by atoms with E-state index in [9.17, 15) is 4.79 Å². The minimum Gasteiger partial charge on any atom is -0.488 e. The quantitative estimate of drug-likeness (QED) is 0.217. The van der Waals surface area contributed by atoms with Gasteiger partial charge < -0.3 is 4.74 Å². The number of hydrogen-bond acceptors (Lipinski definition) is 6. The number of aryl methyl sites for hydroxylation is 2. The number of nitrogens with one attached hydrogen (secondary N) is 1. The number of nitrogens with zero attached hydrogens (tertiary/aromatic N) is 3. The number of hydrazone groups is 1. The van der Waals surface area contributed by atoms with Crippen molar-refractivity contribution in [1.82, 2.24) is 15.4 Å². The second-order valence-electron chi connectivity index (χ2n) is 6.48. The maximum Gasteiger partial charge on any atom is 0.250 e. The minimum atomic E-state index is -0.221. The molecule has 3 aromatic rings. The second-order valence-corrected chi connectivity index (χ2v) is 8.28. The molecular weight excluding hydrogens is 464 g/mol. The summed E-state index contributed by atoms with van der Waals surface area (Å²) in [6.45, 7) is 4.29. The Hall–Kier alpha value is -2.71. The van der Waals surface area contributed by atoms with Crippen LogP contribution >= 0.6 is 27.7 Å². The van der Waals surface area contributed by atoms with Gasteiger partial charge >= 0.3 is 0 Å². The highest BCUT2D eigenvalue weighted by molar-refractivity contribution is 9.10. The van der Waals surface area contributed by atoms with Crippen LogP contribution in [0.4, 0.5) is 0 Å². The average molecular weight is 485 g/mol. The number of carbonyl (C=O) groups excluding carboxylic acids is 1. The van der Waals surface area contributed by atoms with Crippen LogP contribution in [0.15, 0.2) is 69.3 Å². The summed E-state index contributed by atoms with van der Waals surface area (Å²) in [5, 5.41) is 4.60. The zero-order valence-electron chi connectivity index (χ0n) is 16.6. The molecule has 30 heavy (non-hydrogen) atoms. The van der Waals surface area contributed by atoms with Gasteiger partial charge in [0.2, 0.25) is 0 Å². The Morgan fingerprint density at radius 2 is 1.87 bits per heavy atom. The summed E-state index contributed by atoms with van der Waals surface area (Å²) in [6.07, 6.45) is 1.58. The van der Waals surface area contributed by atoms with Gasteiger partial charge in [-0.1, -0.05) is 42.1 Å². The fourth-order valence-corrected chi connectivity index (χ4v) is 3.80. The van der Waals surface area contributed by atoms with Crippen molar-refractivity contribution in [2.24, 2.45) is 5.10 Å². The van der Waals surface area contributed by atoms with E-state index >= 15 is 0 Å². The normalized spacial score (nSPS) is 10.9. The SMILES string of the molecule is Cc1cc(C)nc(SCC(=O)N/N=C\c2ccc(OCc3ccccc3)c(Br)c2)n1. The molecule has 0 fully saturated rings. The van der Waals surface area contributed by atoms with Crippen LogP contribution in [0.2, 0.25) is 0 Å². The number of amides is 1. The van der Waals surface area contributed by atoms with E-state index in [-0.39, 0.29) is 11.7 Å². The highest BCUT2D eigenvalue weighted by Crippen LogP contribution is 2.26. The molecule has 0 atom stereocenters. The Morgan fingerprint density at radius 3 is 2.57 bits per heavy atom. The molecule has 154 valence electrons. The molecule has 1 heterocycles. The highest BCUT2D eigenvalue weighted by Gasteiger charge is 2.06. The number of aromatic nitrogens is 2. The molecule has 0 aliphatic carbocycles. The largest absolute Gasteiger partial charge is 0.488 e. The smallest absolute Gasteiger partial charge is 0.250 e. The summed E-state index contributed by atoms with van der Waals surface area (Å²) >= 11 is 4.79. The number of halogens is 1. The molecule has 0 bridgehead atoms. The van der Waals surface area contributed by atoms with E-state index in [1.165, 1.54) is 11.8 Å². The fraction of sp³-hybridized carbons (Fsp3) is 0.182. The molecule has 2 aromatic carbocycles. The van der Waals surface area contributed by atoms with E-state index in [4.69, 9.17) is 4.74 Å². The summed E-state index contributed by atoms with van der Waals surface area (Å²) in [5.74, 6) is 0.710. The van der Waals surface area contributed by atoms with Gasteiger partial charge in [-0.2, -0.15) is 5.10 Å². The Kier molecular flexibility index (Phi) is 7.98. The fourth-order valence-electron chi connectivity index (χ4n) is 2.55. The molecule has 1 N–H and O–H groups in total. The first-order valence-electron chi connectivity index (χ1n) is 9.23. The lowest BCUT2D eigenvalue weighted by atomic mass is 10.2. The van der Waals surface area contributed by atoms with Gasteiger partial charge in [0.25, 0.3) is 5.91 Å². The molecule has 0 aliphatic heterocycles. The number of rotatable bonds is 8. The zero-order chi connectivity index (χ0) is 21.3. The van der Waals surface area contributed by atoms with Gasteiger partial charge in [-0.3, -0.25) is 4.79 Å². The third-order valence-corrected chi connectivity index (χ3v) is 5.36. The lowest BCUT2D eigenvalue weighted by Crippen LogP contribution is -2.19. The number of thioether (sulfide) groups is 1. The summed E-state index contributed by atoms with van der Waals surface area (Å²) in [7, 11) is 0. The first-order chi connectivity index (χ1) is 14.5. The van der Waals surface area contributed by atoms with E-state index in [1.807, 2.05) is 68.4 Å². The van der Waals surface area contributed by atoms with Crippen molar-refractivity contribution in [3.8, 4) is 5.75 Å². The van der Waals surface area contributed by atoms with Crippen molar-refractivity contribution in [2.45, 2.75) is 25.6 Å². The van der Waals surface area contributed by atoms with Gasteiger partial charge in [-0.15, -0.1) is 0 Å². The van der Waals surface area contributed by atoms with Gasteiger partial charge in [0, 0.05) is 11.4 Å². The number of benzene rings is 2. The summed E-state index contributed by atoms with van der Waals surface area (Å²) in [6, 6.07) is 17.5. The van der Waals surface area contributed by atoms with Crippen LogP contribution in [-0.2, 0) is 11.4 Å². The first kappa shape index (κ1) is 22.0. The molecule has 0 saturated heterocycles. The Bertz CT molecular complexity index is 1020. The van der Waals surface area contributed by atoms with Crippen LogP contribution in [0.25, 0.3) is 0 Å². The summed E-state index contributed by atoms with van der Waals surface area (Å²) < 4.78 is 6.65. The Balaban J connectivity index is 1.48. The Morgan fingerprint density at radius 1 is 1.13 bits per heavy atom. The zero-order valence-corrected chi connectivity index (χ0v) is 19.0. The predicted molar refractivity (Wildman–Crippen MR) is 123 cm³/mol. The lowest BCUT2D eigenvalue weighted by molar-refractivity contribution is -0.118. The summed E-state index contributed by atoms with van der Waals surface area (Å²) in [4.78, 5) is 20.6. The standard InChI is InChI=1S/C22H21BrN4O2S/c1-15-10-16(2)26-22(25-15)30-14-21(28)27-24-12-18-8-9-20(19(23)11-18)29-13-17-6-4-3-5-7-17/h3-12H,13-14H2,1-2H3,(H,27,28)/b24-12-. The topological polar surface area (TPSA) is 76.5 Å². The van der Waals surface area contributed by atoms with E-state index in [1.54, 1.807) is 6.21 Å².